The first kappa shape index (κ1) is 10.9. The van der Waals surface area contributed by atoms with E-state index in [-0.39, 0.29) is 5.78 Å². The molecule has 0 bridgehead atoms. The number of hydrogen-bond acceptors (Lipinski definition) is 3. The van der Waals surface area contributed by atoms with Gasteiger partial charge in [-0.1, -0.05) is 30.3 Å². The van der Waals surface area contributed by atoms with E-state index in [1.165, 1.54) is 0 Å². The number of carbonyl (C=O) groups excluding carboxylic acids is 1. The topological polar surface area (TPSA) is 57.5 Å². The van der Waals surface area contributed by atoms with Crippen LogP contribution in [0, 0.1) is 0 Å². The Balaban J connectivity index is 0.000000354. The molecule has 0 spiro atoms. The zero-order valence-electron chi connectivity index (χ0n) is 6.90. The van der Waals surface area contributed by atoms with Gasteiger partial charge in [0.25, 0.3) is 0 Å². The molecule has 2 N–H and O–H groups in total. The lowest BCUT2D eigenvalue weighted by molar-refractivity contribution is 0.101. The van der Waals surface area contributed by atoms with Gasteiger partial charge < -0.3 is 10.0 Å². The molecule has 64 valence electrons. The van der Waals surface area contributed by atoms with Gasteiger partial charge in [-0.2, -0.15) is 0 Å². The molecule has 0 aliphatic heterocycles. The third kappa shape index (κ3) is 4.65. The fourth-order valence-electron chi connectivity index (χ4n) is 0.673. The minimum absolute atomic E-state index is 0.121. The number of benzene rings is 1. The Morgan fingerprint density at radius 3 is 1.92 bits per heavy atom. The molecule has 0 atom stereocenters. The third-order valence-corrected chi connectivity index (χ3v) is 1.18. The highest BCUT2D eigenvalue weighted by Gasteiger charge is 1.92. The second-order valence-corrected chi connectivity index (χ2v) is 2.06. The summed E-state index contributed by atoms with van der Waals surface area (Å²) in [6.07, 6.45) is 0. The standard InChI is InChI=1S/C8H8O.BH3O2/c1-7(9)8-5-3-2-4-6-8;2-1-3/h2-6H,1H3;1-3H. The molecule has 0 aliphatic rings. The molecule has 3 nitrogen and oxygen atoms in total. The zero-order valence-corrected chi connectivity index (χ0v) is 6.90. The predicted octanol–water partition coefficient (Wildman–Crippen LogP) is 0.127. The summed E-state index contributed by atoms with van der Waals surface area (Å²) in [5, 5.41) is 14.2. The summed E-state index contributed by atoms with van der Waals surface area (Å²) in [6.45, 7) is 1.56. The summed E-state index contributed by atoms with van der Waals surface area (Å²) >= 11 is 0. The Morgan fingerprint density at radius 2 is 1.67 bits per heavy atom. The first-order valence-electron chi connectivity index (χ1n) is 3.50. The Labute approximate surface area is 72.0 Å². The number of rotatable bonds is 1. The van der Waals surface area contributed by atoms with Gasteiger partial charge in [0, 0.05) is 5.56 Å². The summed E-state index contributed by atoms with van der Waals surface area (Å²) in [6, 6.07) is 9.23. The van der Waals surface area contributed by atoms with Crippen LogP contribution in [0.25, 0.3) is 0 Å². The quantitative estimate of drug-likeness (QED) is 0.460. The normalized spacial score (nSPS) is 7.92. The average molecular weight is 166 g/mol. The molecule has 1 aromatic carbocycles. The van der Waals surface area contributed by atoms with Crippen LogP contribution in [-0.2, 0) is 0 Å². The first-order valence-corrected chi connectivity index (χ1v) is 3.50. The van der Waals surface area contributed by atoms with Crippen LogP contribution in [0.4, 0.5) is 0 Å². The summed E-state index contributed by atoms with van der Waals surface area (Å²) < 4.78 is 0. The molecule has 0 heterocycles. The van der Waals surface area contributed by atoms with Crippen LogP contribution in [-0.4, -0.2) is 23.5 Å². The molecule has 0 amide bonds. The molecule has 0 saturated heterocycles. The van der Waals surface area contributed by atoms with E-state index >= 15 is 0 Å². The number of hydrogen-bond donors (Lipinski definition) is 2. The minimum Gasteiger partial charge on any atom is -0.430 e. The van der Waals surface area contributed by atoms with E-state index in [2.05, 4.69) is 0 Å². The molecule has 0 radical (unpaired) electrons. The highest BCUT2D eigenvalue weighted by Crippen LogP contribution is 1.97. The minimum atomic E-state index is -0.750. The molecule has 0 saturated carbocycles. The van der Waals surface area contributed by atoms with Crippen LogP contribution in [0.5, 0.6) is 0 Å². The van der Waals surface area contributed by atoms with Crippen LogP contribution in [0.2, 0.25) is 0 Å². The van der Waals surface area contributed by atoms with Gasteiger partial charge in [-0.3, -0.25) is 4.79 Å². The maximum atomic E-state index is 10.6. The molecule has 0 aliphatic carbocycles. The number of ketones is 1. The molecule has 0 fully saturated rings. The van der Waals surface area contributed by atoms with E-state index < -0.39 is 7.69 Å². The van der Waals surface area contributed by atoms with E-state index in [0.29, 0.717) is 0 Å². The zero-order chi connectivity index (χ0) is 9.40. The van der Waals surface area contributed by atoms with E-state index in [1.54, 1.807) is 6.92 Å². The van der Waals surface area contributed by atoms with Crippen LogP contribution < -0.4 is 0 Å². The molecule has 0 unspecified atom stereocenters. The van der Waals surface area contributed by atoms with Gasteiger partial charge >= 0.3 is 7.69 Å². The van der Waals surface area contributed by atoms with Crippen LogP contribution in [0.15, 0.2) is 30.3 Å². The van der Waals surface area contributed by atoms with Crippen LogP contribution in [0.1, 0.15) is 17.3 Å². The van der Waals surface area contributed by atoms with Gasteiger partial charge in [0.05, 0.1) is 0 Å². The predicted molar refractivity (Wildman–Crippen MR) is 48.0 cm³/mol. The first-order chi connectivity index (χ1) is 5.72. The lowest BCUT2D eigenvalue weighted by atomic mass is 10.2. The molecule has 1 rings (SSSR count). The monoisotopic (exact) mass is 166 g/mol. The van der Waals surface area contributed by atoms with Crippen LogP contribution in [0.3, 0.4) is 0 Å². The van der Waals surface area contributed by atoms with Gasteiger partial charge in [0.15, 0.2) is 5.78 Å². The van der Waals surface area contributed by atoms with E-state index in [9.17, 15) is 4.79 Å². The Hall–Kier alpha value is -1.13. The summed E-state index contributed by atoms with van der Waals surface area (Å²) in [4.78, 5) is 10.6. The van der Waals surface area contributed by atoms with Crippen molar-refractivity contribution in [3.63, 3.8) is 0 Å². The fourth-order valence-corrected chi connectivity index (χ4v) is 0.673. The third-order valence-electron chi connectivity index (χ3n) is 1.18. The fraction of sp³-hybridized carbons (Fsp3) is 0.125. The molecule has 1 aromatic rings. The number of Topliss-reactive ketones (excluding diaryl/α,β-unsaturated/α-hetero) is 1. The van der Waals surface area contributed by atoms with Gasteiger partial charge in [-0.15, -0.1) is 0 Å². The Kier molecular flexibility index (Phi) is 5.96. The van der Waals surface area contributed by atoms with Crippen molar-refractivity contribution in [2.24, 2.45) is 0 Å². The summed E-state index contributed by atoms with van der Waals surface area (Å²) in [5.74, 6) is 0.121. The summed E-state index contributed by atoms with van der Waals surface area (Å²) in [7, 11) is -0.750. The lowest BCUT2D eigenvalue weighted by Crippen LogP contribution is -1.88. The second kappa shape index (κ2) is 6.58. The lowest BCUT2D eigenvalue weighted by Gasteiger charge is -1.89. The molecule has 4 heteroatoms. The highest BCUT2D eigenvalue weighted by atomic mass is 16.4. The second-order valence-electron chi connectivity index (χ2n) is 2.06. The smallest absolute Gasteiger partial charge is 0.430 e. The molecule has 12 heavy (non-hydrogen) atoms. The largest absolute Gasteiger partial charge is 0.432 e. The maximum Gasteiger partial charge on any atom is 0.432 e. The average Bonchev–Trinajstić information content (AvgIpc) is 2.07. The van der Waals surface area contributed by atoms with Crippen molar-refractivity contribution in [3.8, 4) is 0 Å². The molecular weight excluding hydrogens is 155 g/mol. The highest BCUT2D eigenvalue weighted by molar-refractivity contribution is 6.13. The molecular formula is C8H11BO3. The number of carbonyl (C=O) groups is 1. The Morgan fingerprint density at radius 1 is 1.25 bits per heavy atom. The Bertz CT molecular complexity index is 223. The van der Waals surface area contributed by atoms with Gasteiger partial charge in [0.2, 0.25) is 0 Å². The van der Waals surface area contributed by atoms with Crippen molar-refractivity contribution in [2.75, 3.05) is 0 Å². The van der Waals surface area contributed by atoms with E-state index in [1.807, 2.05) is 30.3 Å². The summed E-state index contributed by atoms with van der Waals surface area (Å²) in [5.41, 5.74) is 0.775. The van der Waals surface area contributed by atoms with Crippen molar-refractivity contribution in [3.05, 3.63) is 35.9 Å². The van der Waals surface area contributed by atoms with Crippen molar-refractivity contribution in [1.29, 1.82) is 0 Å². The van der Waals surface area contributed by atoms with Gasteiger partial charge in [0.1, 0.15) is 0 Å². The van der Waals surface area contributed by atoms with Crippen LogP contribution >= 0.6 is 0 Å². The van der Waals surface area contributed by atoms with Crippen molar-refractivity contribution < 1.29 is 14.8 Å². The SMILES string of the molecule is CC(=O)c1ccccc1.OBO. The van der Waals surface area contributed by atoms with Crippen molar-refractivity contribution >= 4 is 13.5 Å². The van der Waals surface area contributed by atoms with Crippen molar-refractivity contribution in [2.45, 2.75) is 6.92 Å². The molecule has 0 aromatic heterocycles. The maximum absolute atomic E-state index is 10.6. The van der Waals surface area contributed by atoms with Gasteiger partial charge in [-0.05, 0) is 6.92 Å². The van der Waals surface area contributed by atoms with Gasteiger partial charge in [-0.25, -0.2) is 0 Å². The van der Waals surface area contributed by atoms with E-state index in [0.717, 1.165) is 5.56 Å². The van der Waals surface area contributed by atoms with Crippen molar-refractivity contribution in [1.82, 2.24) is 0 Å². The van der Waals surface area contributed by atoms with E-state index in [4.69, 9.17) is 10.0 Å².